The highest BCUT2D eigenvalue weighted by atomic mass is 127. The van der Waals surface area contributed by atoms with Crippen molar-refractivity contribution in [2.45, 2.75) is 13.5 Å². The van der Waals surface area contributed by atoms with E-state index in [4.69, 9.17) is 0 Å². The Morgan fingerprint density at radius 2 is 1.82 bits per heavy atom. The Morgan fingerprint density at radius 3 is 2.41 bits per heavy atom. The fourth-order valence-electron chi connectivity index (χ4n) is 1.74. The van der Waals surface area contributed by atoms with E-state index in [0.717, 1.165) is 19.3 Å². The Labute approximate surface area is 122 Å². The first-order valence-electron chi connectivity index (χ1n) is 5.28. The molecular formula is C13H11BrINO. The van der Waals surface area contributed by atoms with Crippen LogP contribution in [0.1, 0.15) is 6.92 Å². The topological polar surface area (TPSA) is 22.0 Å². The minimum absolute atomic E-state index is 0.0773. The van der Waals surface area contributed by atoms with Gasteiger partial charge in [-0.25, -0.2) is 0 Å². The molecular weight excluding hydrogens is 393 g/mol. The molecule has 0 radical (unpaired) electrons. The Hall–Kier alpha value is -0.620. The van der Waals surface area contributed by atoms with Crippen molar-refractivity contribution in [3.8, 4) is 11.3 Å². The molecule has 0 saturated heterocycles. The van der Waals surface area contributed by atoms with Crippen LogP contribution in [0.3, 0.4) is 0 Å². The maximum absolute atomic E-state index is 12.0. The van der Waals surface area contributed by atoms with Crippen LogP contribution >= 0.6 is 38.5 Å². The lowest BCUT2D eigenvalue weighted by molar-refractivity contribution is 0.731. The van der Waals surface area contributed by atoms with Crippen LogP contribution in [0.5, 0.6) is 0 Å². The van der Waals surface area contributed by atoms with Gasteiger partial charge in [-0.3, -0.25) is 4.79 Å². The Morgan fingerprint density at radius 1 is 1.18 bits per heavy atom. The molecule has 0 amide bonds. The summed E-state index contributed by atoms with van der Waals surface area (Å²) in [7, 11) is 0. The zero-order chi connectivity index (χ0) is 12.4. The summed E-state index contributed by atoms with van der Waals surface area (Å²) in [6, 6.07) is 11.9. The van der Waals surface area contributed by atoms with Gasteiger partial charge in [-0.1, -0.05) is 28.1 Å². The van der Waals surface area contributed by atoms with E-state index < -0.39 is 0 Å². The number of halogens is 2. The summed E-state index contributed by atoms with van der Waals surface area (Å²) in [5, 5.41) is 0. The highest BCUT2D eigenvalue weighted by Crippen LogP contribution is 2.21. The molecule has 0 spiro atoms. The van der Waals surface area contributed by atoms with Crippen LogP contribution in [-0.4, -0.2) is 4.57 Å². The minimum Gasteiger partial charge on any atom is -0.308 e. The summed E-state index contributed by atoms with van der Waals surface area (Å²) in [4.78, 5) is 12.0. The lowest BCUT2D eigenvalue weighted by Gasteiger charge is -2.11. The van der Waals surface area contributed by atoms with E-state index in [9.17, 15) is 4.79 Å². The average Bonchev–Trinajstić information content (AvgIpc) is 2.34. The predicted octanol–water partition coefficient (Wildman–Crippen LogP) is 3.90. The molecule has 2 nitrogen and oxygen atoms in total. The monoisotopic (exact) mass is 403 g/mol. The van der Waals surface area contributed by atoms with Crippen molar-refractivity contribution in [3.63, 3.8) is 0 Å². The van der Waals surface area contributed by atoms with E-state index in [1.54, 1.807) is 4.57 Å². The van der Waals surface area contributed by atoms with Crippen molar-refractivity contribution in [1.82, 2.24) is 4.57 Å². The summed E-state index contributed by atoms with van der Waals surface area (Å²) in [6.45, 7) is 2.67. The van der Waals surface area contributed by atoms with Gasteiger partial charge in [0.25, 0.3) is 5.56 Å². The van der Waals surface area contributed by atoms with Crippen LogP contribution in [0.4, 0.5) is 0 Å². The second-order valence-electron chi connectivity index (χ2n) is 3.62. The fourth-order valence-corrected chi connectivity index (χ4v) is 2.47. The highest BCUT2D eigenvalue weighted by molar-refractivity contribution is 14.1. The van der Waals surface area contributed by atoms with E-state index in [1.165, 1.54) is 0 Å². The normalized spacial score (nSPS) is 10.5. The summed E-state index contributed by atoms with van der Waals surface area (Å²) < 4.78 is 3.59. The van der Waals surface area contributed by atoms with E-state index in [0.29, 0.717) is 6.54 Å². The smallest absolute Gasteiger partial charge is 0.264 e. The lowest BCUT2D eigenvalue weighted by Crippen LogP contribution is -2.22. The molecule has 0 aliphatic rings. The molecule has 0 saturated carbocycles. The van der Waals surface area contributed by atoms with Gasteiger partial charge in [-0.15, -0.1) is 0 Å². The van der Waals surface area contributed by atoms with Crippen LogP contribution in [0, 0.1) is 3.57 Å². The maximum Gasteiger partial charge on any atom is 0.264 e. The third-order valence-corrected chi connectivity index (χ3v) is 3.93. The Balaban J connectivity index is 2.63. The summed E-state index contributed by atoms with van der Waals surface area (Å²) in [6.07, 6.45) is 0. The van der Waals surface area contributed by atoms with Gasteiger partial charge < -0.3 is 4.57 Å². The van der Waals surface area contributed by atoms with Crippen molar-refractivity contribution < 1.29 is 0 Å². The number of pyridine rings is 1. The van der Waals surface area contributed by atoms with E-state index in [-0.39, 0.29) is 5.56 Å². The van der Waals surface area contributed by atoms with E-state index in [2.05, 4.69) is 38.5 Å². The zero-order valence-electron chi connectivity index (χ0n) is 9.28. The molecule has 17 heavy (non-hydrogen) atoms. The number of benzene rings is 1. The molecule has 0 bridgehead atoms. The third-order valence-electron chi connectivity index (χ3n) is 2.58. The average molecular weight is 404 g/mol. The largest absolute Gasteiger partial charge is 0.308 e. The van der Waals surface area contributed by atoms with E-state index >= 15 is 0 Å². The first-order valence-corrected chi connectivity index (χ1v) is 7.16. The van der Waals surface area contributed by atoms with Crippen LogP contribution in [0.25, 0.3) is 11.3 Å². The number of hydrogen-bond donors (Lipinski definition) is 0. The van der Waals surface area contributed by atoms with Crippen molar-refractivity contribution >= 4 is 38.5 Å². The Kier molecular flexibility index (Phi) is 4.04. The Bertz CT molecular complexity index is 589. The SMILES string of the molecule is CCn1c(-c2ccc(Br)cc2)ccc(I)c1=O. The first-order chi connectivity index (χ1) is 8.13. The lowest BCUT2D eigenvalue weighted by atomic mass is 10.1. The van der Waals surface area contributed by atoms with Gasteiger partial charge in [-0.05, 0) is 59.3 Å². The van der Waals surface area contributed by atoms with Gasteiger partial charge in [0.05, 0.1) is 9.26 Å². The molecule has 1 heterocycles. The molecule has 1 aromatic carbocycles. The minimum atomic E-state index is 0.0773. The van der Waals surface area contributed by atoms with Crippen molar-refractivity contribution in [2.75, 3.05) is 0 Å². The molecule has 2 rings (SSSR count). The highest BCUT2D eigenvalue weighted by Gasteiger charge is 2.07. The number of rotatable bonds is 2. The summed E-state index contributed by atoms with van der Waals surface area (Å²) in [5.41, 5.74) is 2.10. The van der Waals surface area contributed by atoms with Gasteiger partial charge in [0.2, 0.25) is 0 Å². The van der Waals surface area contributed by atoms with Gasteiger partial charge in [0.1, 0.15) is 0 Å². The number of nitrogens with zero attached hydrogens (tertiary/aromatic N) is 1. The second-order valence-corrected chi connectivity index (χ2v) is 5.70. The fraction of sp³-hybridized carbons (Fsp3) is 0.154. The van der Waals surface area contributed by atoms with Gasteiger partial charge in [0.15, 0.2) is 0 Å². The number of aromatic nitrogens is 1. The van der Waals surface area contributed by atoms with Crippen LogP contribution in [-0.2, 0) is 6.54 Å². The van der Waals surface area contributed by atoms with E-state index in [1.807, 2.05) is 43.3 Å². The van der Waals surface area contributed by atoms with Crippen molar-refractivity contribution in [2.24, 2.45) is 0 Å². The third kappa shape index (κ3) is 2.63. The van der Waals surface area contributed by atoms with Crippen LogP contribution < -0.4 is 5.56 Å². The molecule has 4 heteroatoms. The van der Waals surface area contributed by atoms with Gasteiger partial charge in [0, 0.05) is 11.0 Å². The molecule has 0 fully saturated rings. The number of hydrogen-bond acceptors (Lipinski definition) is 1. The molecule has 0 unspecified atom stereocenters. The quantitative estimate of drug-likeness (QED) is 0.697. The molecule has 0 aliphatic carbocycles. The van der Waals surface area contributed by atoms with Crippen LogP contribution in [0.2, 0.25) is 0 Å². The summed E-state index contributed by atoms with van der Waals surface area (Å²) >= 11 is 5.48. The van der Waals surface area contributed by atoms with Crippen molar-refractivity contribution in [1.29, 1.82) is 0 Å². The van der Waals surface area contributed by atoms with Crippen LogP contribution in [0.15, 0.2) is 45.7 Å². The first kappa shape index (κ1) is 12.8. The van der Waals surface area contributed by atoms with Gasteiger partial charge >= 0.3 is 0 Å². The molecule has 0 N–H and O–H groups in total. The van der Waals surface area contributed by atoms with Crippen molar-refractivity contribution in [3.05, 3.63) is 54.8 Å². The molecule has 0 atom stereocenters. The second kappa shape index (κ2) is 5.35. The summed E-state index contributed by atoms with van der Waals surface area (Å²) in [5.74, 6) is 0. The maximum atomic E-state index is 12.0. The van der Waals surface area contributed by atoms with Gasteiger partial charge in [-0.2, -0.15) is 0 Å². The molecule has 88 valence electrons. The molecule has 1 aromatic heterocycles. The zero-order valence-corrected chi connectivity index (χ0v) is 13.0. The predicted molar refractivity (Wildman–Crippen MR) is 82.2 cm³/mol. The molecule has 2 aromatic rings. The molecule has 0 aliphatic heterocycles. The standard InChI is InChI=1S/C13H11BrINO/c1-2-16-12(8-7-11(15)13(16)17)9-3-5-10(14)6-4-9/h3-8H,2H2,1H3.